The van der Waals surface area contributed by atoms with E-state index in [-0.39, 0.29) is 17.8 Å². The van der Waals surface area contributed by atoms with Crippen molar-refractivity contribution >= 4 is 35.4 Å². The standard InChI is InChI=1S/C22H20N2O6S/c1-22(17(21(29)30)24-18(26)16(23)19(24)31-22)10-15(25)13-8-4-2-6-11(13)12-7-3-5-9-14(12)20(27)28/h2-9,16-17,19H,10,23H2,1H3,(H,27,28)(H,29,30)/t16-,17+,19-,22?/m1/s1. The van der Waals surface area contributed by atoms with Gasteiger partial charge in [0, 0.05) is 12.0 Å². The van der Waals surface area contributed by atoms with Crippen LogP contribution in [0.3, 0.4) is 0 Å². The number of aromatic carboxylic acids is 1. The van der Waals surface area contributed by atoms with Gasteiger partial charge in [-0.3, -0.25) is 9.59 Å². The largest absolute Gasteiger partial charge is 0.480 e. The molecule has 0 radical (unpaired) electrons. The van der Waals surface area contributed by atoms with E-state index in [2.05, 4.69) is 0 Å². The number of ketones is 1. The molecule has 0 saturated carbocycles. The summed E-state index contributed by atoms with van der Waals surface area (Å²) < 4.78 is -1.07. The molecule has 2 aliphatic rings. The minimum Gasteiger partial charge on any atom is -0.480 e. The molecule has 1 unspecified atom stereocenters. The van der Waals surface area contributed by atoms with Gasteiger partial charge in [-0.2, -0.15) is 0 Å². The quantitative estimate of drug-likeness (QED) is 0.458. The molecule has 4 atom stereocenters. The molecule has 31 heavy (non-hydrogen) atoms. The van der Waals surface area contributed by atoms with Crippen LogP contribution in [0, 0.1) is 0 Å². The number of Topliss-reactive ketones (excluding diaryl/α,β-unsaturated/α-hetero) is 1. The molecule has 2 aromatic rings. The first kappa shape index (κ1) is 21.1. The predicted molar refractivity (Wildman–Crippen MR) is 114 cm³/mol. The van der Waals surface area contributed by atoms with Crippen molar-refractivity contribution in [3.05, 3.63) is 59.7 Å². The summed E-state index contributed by atoms with van der Waals surface area (Å²) >= 11 is 1.23. The highest BCUT2D eigenvalue weighted by Gasteiger charge is 2.64. The number of carbonyl (C=O) groups is 4. The number of β-lactam (4-membered cyclic amide) rings is 1. The van der Waals surface area contributed by atoms with Gasteiger partial charge in [-0.15, -0.1) is 11.8 Å². The molecule has 0 bridgehead atoms. The Kier molecular flexibility index (Phi) is 5.10. The van der Waals surface area contributed by atoms with Crippen LogP contribution < -0.4 is 5.73 Å². The first-order chi connectivity index (χ1) is 14.7. The van der Waals surface area contributed by atoms with E-state index in [1.165, 1.54) is 22.7 Å². The Labute approximate surface area is 182 Å². The van der Waals surface area contributed by atoms with Gasteiger partial charge in [0.15, 0.2) is 5.78 Å². The fourth-order valence-corrected chi connectivity index (χ4v) is 6.06. The second-order valence-corrected chi connectivity index (χ2v) is 9.48. The van der Waals surface area contributed by atoms with Gasteiger partial charge < -0.3 is 20.8 Å². The second-order valence-electron chi connectivity index (χ2n) is 7.83. The molecular weight excluding hydrogens is 420 g/mol. The van der Waals surface area contributed by atoms with Crippen molar-refractivity contribution in [3.8, 4) is 11.1 Å². The molecule has 2 aliphatic heterocycles. The van der Waals surface area contributed by atoms with Gasteiger partial charge in [-0.05, 0) is 24.1 Å². The van der Waals surface area contributed by atoms with E-state index in [0.29, 0.717) is 16.7 Å². The number of aliphatic carboxylic acids is 1. The molecule has 8 nitrogen and oxygen atoms in total. The zero-order valence-electron chi connectivity index (χ0n) is 16.5. The molecule has 160 valence electrons. The zero-order chi connectivity index (χ0) is 22.5. The maximum absolute atomic E-state index is 13.4. The second kappa shape index (κ2) is 7.51. The number of carboxylic acids is 2. The summed E-state index contributed by atoms with van der Waals surface area (Å²) in [5, 5.41) is 18.8. The van der Waals surface area contributed by atoms with Crippen LogP contribution in [-0.2, 0) is 9.59 Å². The third-order valence-electron chi connectivity index (χ3n) is 5.79. The van der Waals surface area contributed by atoms with Crippen LogP contribution >= 0.6 is 11.8 Å². The molecule has 9 heteroatoms. The van der Waals surface area contributed by atoms with Gasteiger partial charge in [-0.25, -0.2) is 9.59 Å². The molecule has 2 aromatic carbocycles. The predicted octanol–water partition coefficient (Wildman–Crippen LogP) is 2.08. The molecule has 0 spiro atoms. The molecule has 4 N–H and O–H groups in total. The fourth-order valence-electron chi connectivity index (χ4n) is 4.35. The average molecular weight is 440 g/mol. The minimum absolute atomic E-state index is 0.0633. The highest BCUT2D eigenvalue weighted by molar-refractivity contribution is 8.01. The van der Waals surface area contributed by atoms with Gasteiger partial charge in [-0.1, -0.05) is 42.5 Å². The highest BCUT2D eigenvalue weighted by Crippen LogP contribution is 2.52. The maximum atomic E-state index is 13.4. The van der Waals surface area contributed by atoms with Crippen molar-refractivity contribution in [1.29, 1.82) is 0 Å². The van der Waals surface area contributed by atoms with Gasteiger partial charge in [0.05, 0.1) is 10.3 Å². The van der Waals surface area contributed by atoms with Crippen molar-refractivity contribution < 1.29 is 29.4 Å². The number of carboxylic acid groups (broad SMARTS) is 2. The molecule has 4 rings (SSSR count). The molecule has 2 fully saturated rings. The third kappa shape index (κ3) is 3.30. The number of nitrogens with zero attached hydrogens (tertiary/aromatic N) is 1. The number of hydrogen-bond donors (Lipinski definition) is 3. The van der Waals surface area contributed by atoms with Crippen LogP contribution in [0.5, 0.6) is 0 Å². The Bertz CT molecular complexity index is 1120. The van der Waals surface area contributed by atoms with Gasteiger partial charge in [0.2, 0.25) is 5.91 Å². The lowest BCUT2D eigenvalue weighted by Gasteiger charge is -2.41. The zero-order valence-corrected chi connectivity index (χ0v) is 17.3. The summed E-state index contributed by atoms with van der Waals surface area (Å²) in [5.74, 6) is -3.06. The normalized spacial score (nSPS) is 26.8. The van der Waals surface area contributed by atoms with E-state index in [1.807, 2.05) is 0 Å². The van der Waals surface area contributed by atoms with Crippen molar-refractivity contribution in [2.45, 2.75) is 35.5 Å². The van der Waals surface area contributed by atoms with Crippen LogP contribution in [0.15, 0.2) is 48.5 Å². The van der Waals surface area contributed by atoms with Crippen molar-refractivity contribution in [1.82, 2.24) is 4.90 Å². The number of hydrogen-bond acceptors (Lipinski definition) is 6. The van der Waals surface area contributed by atoms with Crippen LogP contribution in [0.1, 0.15) is 34.1 Å². The molecular formula is C22H20N2O6S. The van der Waals surface area contributed by atoms with Gasteiger partial charge in [0.25, 0.3) is 0 Å². The Morgan fingerprint density at radius 1 is 1.03 bits per heavy atom. The smallest absolute Gasteiger partial charge is 0.336 e. The van der Waals surface area contributed by atoms with Crippen LogP contribution in [0.4, 0.5) is 0 Å². The van der Waals surface area contributed by atoms with E-state index in [1.54, 1.807) is 49.4 Å². The van der Waals surface area contributed by atoms with Crippen LogP contribution in [0.2, 0.25) is 0 Å². The maximum Gasteiger partial charge on any atom is 0.336 e. The third-order valence-corrected chi connectivity index (χ3v) is 7.46. The van der Waals surface area contributed by atoms with E-state index >= 15 is 0 Å². The lowest BCUT2D eigenvalue weighted by Crippen LogP contribution is -2.68. The van der Waals surface area contributed by atoms with Gasteiger partial charge in [0.1, 0.15) is 17.5 Å². The monoisotopic (exact) mass is 440 g/mol. The number of benzene rings is 2. The Morgan fingerprint density at radius 2 is 1.58 bits per heavy atom. The first-order valence-electron chi connectivity index (χ1n) is 9.59. The lowest BCUT2D eigenvalue weighted by atomic mass is 9.86. The van der Waals surface area contributed by atoms with Crippen LogP contribution in [-0.4, -0.2) is 60.9 Å². The Hall–Kier alpha value is -3.17. The highest BCUT2D eigenvalue weighted by atomic mass is 32.2. The van der Waals surface area contributed by atoms with Gasteiger partial charge >= 0.3 is 11.9 Å². The molecule has 2 heterocycles. The van der Waals surface area contributed by atoms with E-state index in [4.69, 9.17) is 5.73 Å². The van der Waals surface area contributed by atoms with Crippen molar-refractivity contribution in [2.75, 3.05) is 0 Å². The number of nitrogens with two attached hydrogens (primary N) is 1. The summed E-state index contributed by atoms with van der Waals surface area (Å²) in [6, 6.07) is 11.1. The molecule has 1 amide bonds. The number of rotatable bonds is 6. The molecule has 0 aromatic heterocycles. The van der Waals surface area contributed by atoms with E-state index < -0.39 is 40.1 Å². The summed E-state index contributed by atoms with van der Waals surface area (Å²) in [7, 11) is 0. The fraction of sp³-hybridized carbons (Fsp3) is 0.273. The topological polar surface area (TPSA) is 138 Å². The van der Waals surface area contributed by atoms with Crippen LogP contribution in [0.25, 0.3) is 11.1 Å². The Balaban J connectivity index is 1.70. The number of thioether (sulfide) groups is 1. The number of fused-ring (bicyclic) bond motifs is 1. The Morgan fingerprint density at radius 3 is 2.16 bits per heavy atom. The van der Waals surface area contributed by atoms with E-state index in [9.17, 15) is 29.4 Å². The number of carbonyl (C=O) groups excluding carboxylic acids is 2. The minimum atomic E-state index is -1.19. The summed E-state index contributed by atoms with van der Waals surface area (Å²) in [6.45, 7) is 1.65. The lowest BCUT2D eigenvalue weighted by molar-refractivity contribution is -0.159. The molecule has 2 saturated heterocycles. The van der Waals surface area contributed by atoms with Crippen molar-refractivity contribution in [2.24, 2.45) is 5.73 Å². The molecule has 0 aliphatic carbocycles. The summed E-state index contributed by atoms with van der Waals surface area (Å²) in [4.78, 5) is 50.4. The summed E-state index contributed by atoms with van der Waals surface area (Å²) in [6.07, 6.45) is -0.145. The SMILES string of the molecule is CC1(CC(=O)c2ccccc2-c2ccccc2C(=O)O)S[C@@H]2[C@H](N)C(=O)N2[C@H]1C(=O)O. The summed E-state index contributed by atoms with van der Waals surface area (Å²) in [5.41, 5.74) is 7.05. The first-order valence-corrected chi connectivity index (χ1v) is 10.5. The average Bonchev–Trinajstić information content (AvgIpc) is 3.03. The number of amides is 1. The van der Waals surface area contributed by atoms with Crippen molar-refractivity contribution in [3.63, 3.8) is 0 Å². The van der Waals surface area contributed by atoms with E-state index in [0.717, 1.165) is 0 Å².